The average Bonchev–Trinajstić information content (AvgIpc) is 2.61. The van der Waals surface area contributed by atoms with E-state index >= 15 is 0 Å². The summed E-state index contributed by atoms with van der Waals surface area (Å²) < 4.78 is 5.12. The zero-order valence-corrected chi connectivity index (χ0v) is 15.7. The van der Waals surface area contributed by atoms with Crippen LogP contribution in [0.5, 0.6) is 0 Å². The number of carbonyl (C=O) groups is 3. The van der Waals surface area contributed by atoms with Gasteiger partial charge in [-0.1, -0.05) is 64.4 Å². The van der Waals surface area contributed by atoms with Crippen molar-refractivity contribution in [1.82, 2.24) is 10.6 Å². The molecule has 0 bridgehead atoms. The zero-order chi connectivity index (χ0) is 19.7. The van der Waals surface area contributed by atoms with Crippen LogP contribution in [0.4, 0.5) is 4.79 Å². The molecular formula is C19H27N2O5-. The molecule has 7 heteroatoms. The molecule has 0 fully saturated rings. The lowest BCUT2D eigenvalue weighted by Gasteiger charge is -2.29. The van der Waals surface area contributed by atoms with Crippen LogP contribution >= 0.6 is 0 Å². The van der Waals surface area contributed by atoms with Crippen molar-refractivity contribution in [2.75, 3.05) is 0 Å². The van der Waals surface area contributed by atoms with Gasteiger partial charge in [-0.3, -0.25) is 4.79 Å². The molecule has 0 saturated heterocycles. The fraction of sp³-hybridized carbons (Fsp3) is 0.526. The number of carbonyl (C=O) groups excluding carboxylic acids is 3. The second-order valence-corrected chi connectivity index (χ2v) is 6.62. The van der Waals surface area contributed by atoms with Crippen LogP contribution in [0.3, 0.4) is 0 Å². The average molecular weight is 363 g/mol. The molecule has 0 spiro atoms. The topological polar surface area (TPSA) is 108 Å². The molecule has 7 nitrogen and oxygen atoms in total. The summed E-state index contributed by atoms with van der Waals surface area (Å²) in [6, 6.07) is 7.12. The molecule has 2 amide bonds. The molecule has 1 aromatic rings. The van der Waals surface area contributed by atoms with Gasteiger partial charge in [0.05, 0.1) is 12.0 Å². The standard InChI is InChI=1S/C19H28N2O5/c1-5-13(4)16(18(23)24)20-17(22)15(12(2)3)21-19(25)26-11-14-9-7-6-8-10-14/h6-10,12-13,15-16H,5,11H2,1-4H3,(H,20,22)(H,21,25)(H,23,24)/p-1/t13-,15+,16+/m0/s1. The van der Waals surface area contributed by atoms with Crippen LogP contribution in [0, 0.1) is 11.8 Å². The van der Waals surface area contributed by atoms with Crippen molar-refractivity contribution in [3.8, 4) is 0 Å². The first-order valence-electron chi connectivity index (χ1n) is 8.74. The van der Waals surface area contributed by atoms with Crippen molar-refractivity contribution in [2.45, 2.75) is 52.8 Å². The summed E-state index contributed by atoms with van der Waals surface area (Å²) >= 11 is 0. The van der Waals surface area contributed by atoms with Crippen LogP contribution in [-0.2, 0) is 20.9 Å². The van der Waals surface area contributed by atoms with Crippen molar-refractivity contribution in [3.05, 3.63) is 35.9 Å². The lowest BCUT2D eigenvalue weighted by Crippen LogP contribution is -2.57. The minimum Gasteiger partial charge on any atom is -0.548 e. The largest absolute Gasteiger partial charge is 0.548 e. The second-order valence-electron chi connectivity index (χ2n) is 6.62. The van der Waals surface area contributed by atoms with Gasteiger partial charge in [0, 0.05) is 0 Å². The van der Waals surface area contributed by atoms with Gasteiger partial charge in [0.15, 0.2) is 0 Å². The van der Waals surface area contributed by atoms with E-state index in [1.54, 1.807) is 20.8 Å². The number of nitrogens with one attached hydrogen (secondary N) is 2. The second kappa shape index (κ2) is 10.4. The first-order valence-corrected chi connectivity index (χ1v) is 8.74. The lowest BCUT2D eigenvalue weighted by atomic mass is 9.97. The fourth-order valence-electron chi connectivity index (χ4n) is 2.34. The number of amides is 2. The Hall–Kier alpha value is -2.57. The molecule has 1 rings (SSSR count). The summed E-state index contributed by atoms with van der Waals surface area (Å²) in [5.41, 5.74) is 0.821. The Bertz CT molecular complexity index is 603. The van der Waals surface area contributed by atoms with Crippen LogP contribution in [0.15, 0.2) is 30.3 Å². The van der Waals surface area contributed by atoms with E-state index in [0.717, 1.165) is 5.56 Å². The number of aliphatic carboxylic acids is 1. The van der Waals surface area contributed by atoms with E-state index in [4.69, 9.17) is 4.74 Å². The third-order valence-electron chi connectivity index (χ3n) is 4.20. The Kier molecular flexibility index (Phi) is 8.61. The lowest BCUT2D eigenvalue weighted by molar-refractivity contribution is -0.309. The van der Waals surface area contributed by atoms with E-state index in [2.05, 4.69) is 10.6 Å². The Morgan fingerprint density at radius 2 is 1.65 bits per heavy atom. The third kappa shape index (κ3) is 6.74. The maximum Gasteiger partial charge on any atom is 0.408 e. The monoisotopic (exact) mass is 363 g/mol. The normalized spacial score (nSPS) is 14.2. The summed E-state index contributed by atoms with van der Waals surface area (Å²) in [7, 11) is 0. The Morgan fingerprint density at radius 3 is 2.15 bits per heavy atom. The first kappa shape index (κ1) is 21.5. The molecule has 0 radical (unpaired) electrons. The summed E-state index contributed by atoms with van der Waals surface area (Å²) in [5, 5.41) is 16.2. The van der Waals surface area contributed by atoms with Crippen LogP contribution in [0.25, 0.3) is 0 Å². The highest BCUT2D eigenvalue weighted by atomic mass is 16.5. The van der Waals surface area contributed by atoms with Gasteiger partial charge in [-0.05, 0) is 17.4 Å². The van der Waals surface area contributed by atoms with Crippen LogP contribution in [0.2, 0.25) is 0 Å². The van der Waals surface area contributed by atoms with E-state index in [9.17, 15) is 19.5 Å². The molecule has 1 aromatic carbocycles. The summed E-state index contributed by atoms with van der Waals surface area (Å²) in [6.45, 7) is 7.12. The van der Waals surface area contributed by atoms with E-state index in [1.807, 2.05) is 37.3 Å². The van der Waals surface area contributed by atoms with E-state index in [0.29, 0.717) is 6.42 Å². The number of carboxylic acids is 1. The number of hydrogen-bond donors (Lipinski definition) is 2. The third-order valence-corrected chi connectivity index (χ3v) is 4.20. The first-order chi connectivity index (χ1) is 12.3. The van der Waals surface area contributed by atoms with Gasteiger partial charge in [-0.2, -0.15) is 0 Å². The summed E-state index contributed by atoms with van der Waals surface area (Å²) in [4.78, 5) is 35.7. The molecule has 0 aliphatic rings. The summed E-state index contributed by atoms with van der Waals surface area (Å²) in [6.07, 6.45) is -0.172. The molecule has 3 atom stereocenters. The fourth-order valence-corrected chi connectivity index (χ4v) is 2.34. The summed E-state index contributed by atoms with van der Waals surface area (Å²) in [5.74, 6) is -2.46. The van der Waals surface area contributed by atoms with Gasteiger partial charge in [0.1, 0.15) is 12.6 Å². The zero-order valence-electron chi connectivity index (χ0n) is 15.7. The predicted octanol–water partition coefficient (Wildman–Crippen LogP) is 1.22. The molecular weight excluding hydrogens is 336 g/mol. The molecule has 0 aliphatic carbocycles. The van der Waals surface area contributed by atoms with Crippen molar-refractivity contribution in [2.24, 2.45) is 11.8 Å². The number of ether oxygens (including phenoxy) is 1. The molecule has 0 aromatic heterocycles. The molecule has 0 heterocycles. The maximum absolute atomic E-state index is 12.5. The van der Waals surface area contributed by atoms with E-state index < -0.39 is 30.1 Å². The number of rotatable bonds is 9. The predicted molar refractivity (Wildman–Crippen MR) is 94.8 cm³/mol. The molecule has 0 saturated carbocycles. The number of benzene rings is 1. The van der Waals surface area contributed by atoms with Gasteiger partial charge in [0.25, 0.3) is 0 Å². The Labute approximate surface area is 154 Å². The quantitative estimate of drug-likeness (QED) is 0.686. The van der Waals surface area contributed by atoms with Crippen LogP contribution in [0.1, 0.15) is 39.7 Å². The Balaban J connectivity index is 2.67. The minimum absolute atomic E-state index is 0.0770. The number of alkyl carbamates (subject to hydrolysis) is 1. The van der Waals surface area contributed by atoms with E-state index in [1.165, 1.54) is 0 Å². The highest BCUT2D eigenvalue weighted by molar-refractivity contribution is 5.89. The van der Waals surface area contributed by atoms with Gasteiger partial charge in [-0.15, -0.1) is 0 Å². The van der Waals surface area contributed by atoms with Gasteiger partial charge in [-0.25, -0.2) is 4.79 Å². The van der Waals surface area contributed by atoms with E-state index in [-0.39, 0.29) is 18.4 Å². The SMILES string of the molecule is CC[C@H](C)[C@@H](NC(=O)[C@H](NC(=O)OCc1ccccc1)C(C)C)C(=O)[O-]. The van der Waals surface area contributed by atoms with Crippen LogP contribution < -0.4 is 15.7 Å². The Morgan fingerprint density at radius 1 is 1.04 bits per heavy atom. The van der Waals surface area contributed by atoms with Crippen molar-refractivity contribution >= 4 is 18.0 Å². The van der Waals surface area contributed by atoms with Gasteiger partial charge in [0.2, 0.25) is 5.91 Å². The van der Waals surface area contributed by atoms with Crippen LogP contribution in [-0.4, -0.2) is 30.1 Å². The van der Waals surface area contributed by atoms with Crippen molar-refractivity contribution < 1.29 is 24.2 Å². The highest BCUT2D eigenvalue weighted by Gasteiger charge is 2.28. The highest BCUT2D eigenvalue weighted by Crippen LogP contribution is 2.10. The van der Waals surface area contributed by atoms with Gasteiger partial charge >= 0.3 is 6.09 Å². The maximum atomic E-state index is 12.5. The van der Waals surface area contributed by atoms with Crippen molar-refractivity contribution in [1.29, 1.82) is 0 Å². The van der Waals surface area contributed by atoms with Crippen molar-refractivity contribution in [3.63, 3.8) is 0 Å². The molecule has 26 heavy (non-hydrogen) atoms. The smallest absolute Gasteiger partial charge is 0.408 e. The number of carboxylic acid groups (broad SMARTS) is 1. The molecule has 0 aliphatic heterocycles. The molecule has 144 valence electrons. The molecule has 2 N–H and O–H groups in total. The number of hydrogen-bond acceptors (Lipinski definition) is 5. The minimum atomic E-state index is -1.35. The van der Waals surface area contributed by atoms with Gasteiger partial charge < -0.3 is 25.3 Å². The molecule has 0 unspecified atom stereocenters.